The lowest BCUT2D eigenvalue weighted by atomic mass is 9.99. The van der Waals surface area contributed by atoms with Crippen LogP contribution in [0.4, 0.5) is 0 Å². The van der Waals surface area contributed by atoms with E-state index in [2.05, 4.69) is 0 Å². The number of hydrogen-bond donors (Lipinski definition) is 6. The normalized spacial score (nSPS) is 26.1. The summed E-state index contributed by atoms with van der Waals surface area (Å²) in [6.07, 6.45) is -6.23. The van der Waals surface area contributed by atoms with Crippen LogP contribution in [0, 0.1) is 0 Å². The Morgan fingerprint density at radius 1 is 0.968 bits per heavy atom. The van der Waals surface area contributed by atoms with Gasteiger partial charge in [-0.15, -0.1) is 0 Å². The maximum atomic E-state index is 12.9. The summed E-state index contributed by atoms with van der Waals surface area (Å²) in [5, 5.41) is 58.8. The summed E-state index contributed by atoms with van der Waals surface area (Å²) >= 11 is 0. The first-order chi connectivity index (χ1) is 14.8. The first-order valence-electron chi connectivity index (χ1n) is 9.35. The Bertz CT molecular complexity index is 1140. The lowest BCUT2D eigenvalue weighted by molar-refractivity contribution is -0.277. The van der Waals surface area contributed by atoms with Crippen LogP contribution in [0.3, 0.4) is 0 Å². The second-order valence-corrected chi connectivity index (χ2v) is 7.16. The summed E-state index contributed by atoms with van der Waals surface area (Å²) in [4.78, 5) is 12.9. The van der Waals surface area contributed by atoms with Crippen LogP contribution in [0.1, 0.15) is 0 Å². The van der Waals surface area contributed by atoms with Crippen molar-refractivity contribution < 1.29 is 44.5 Å². The van der Waals surface area contributed by atoms with Gasteiger partial charge in [-0.1, -0.05) is 12.1 Å². The number of phenolic OH excluding ortho intramolecular Hbond substituents is 2. The highest BCUT2D eigenvalue weighted by molar-refractivity contribution is 5.88. The quantitative estimate of drug-likeness (QED) is 0.331. The average Bonchev–Trinajstić information content (AvgIpc) is 2.75. The molecular formula is C21H20O10. The fourth-order valence-corrected chi connectivity index (χ4v) is 3.41. The van der Waals surface area contributed by atoms with E-state index >= 15 is 0 Å². The maximum absolute atomic E-state index is 12.9. The molecular weight excluding hydrogens is 412 g/mol. The van der Waals surface area contributed by atoms with Gasteiger partial charge in [0.2, 0.25) is 11.7 Å². The molecule has 0 unspecified atom stereocenters. The fraction of sp³-hybridized carbons (Fsp3) is 0.286. The summed E-state index contributed by atoms with van der Waals surface area (Å²) in [6.45, 7) is -0.622. The van der Waals surface area contributed by atoms with Gasteiger partial charge in [-0.2, -0.15) is 0 Å². The summed E-state index contributed by atoms with van der Waals surface area (Å²) in [5.74, 6) is -0.465. The first kappa shape index (κ1) is 21.1. The van der Waals surface area contributed by atoms with Gasteiger partial charge in [-0.25, -0.2) is 0 Å². The van der Waals surface area contributed by atoms with Crippen LogP contribution in [-0.2, 0) is 4.74 Å². The molecule has 164 valence electrons. The van der Waals surface area contributed by atoms with Crippen molar-refractivity contribution in [3.63, 3.8) is 0 Å². The highest BCUT2D eigenvalue weighted by Gasteiger charge is 2.44. The minimum absolute atomic E-state index is 0.00730. The molecule has 2 aromatic carbocycles. The second kappa shape index (κ2) is 8.17. The Morgan fingerprint density at radius 2 is 1.68 bits per heavy atom. The van der Waals surface area contributed by atoms with E-state index in [1.807, 2.05) is 0 Å². The number of aliphatic hydroxyl groups excluding tert-OH is 4. The van der Waals surface area contributed by atoms with Crippen LogP contribution in [-0.4, -0.2) is 68.0 Å². The molecule has 5 atom stereocenters. The van der Waals surface area contributed by atoms with Crippen molar-refractivity contribution in [3.8, 4) is 28.4 Å². The van der Waals surface area contributed by atoms with Gasteiger partial charge in [0.1, 0.15) is 58.9 Å². The van der Waals surface area contributed by atoms with Gasteiger partial charge in [0.25, 0.3) is 0 Å². The molecule has 31 heavy (non-hydrogen) atoms. The Hall–Kier alpha value is -3.15. The molecule has 0 saturated carbocycles. The smallest absolute Gasteiger partial charge is 0.229 e. The molecule has 1 aliphatic heterocycles. The predicted octanol–water partition coefficient (Wildman–Crippen LogP) is 0.0499. The zero-order chi connectivity index (χ0) is 22.3. The number of aromatic hydroxyl groups is 2. The van der Waals surface area contributed by atoms with E-state index in [4.69, 9.17) is 13.9 Å². The van der Waals surface area contributed by atoms with Crippen LogP contribution >= 0.6 is 0 Å². The van der Waals surface area contributed by atoms with Gasteiger partial charge in [-0.3, -0.25) is 4.79 Å². The van der Waals surface area contributed by atoms with Crippen LogP contribution in [0.2, 0.25) is 0 Å². The van der Waals surface area contributed by atoms with Gasteiger partial charge in [0, 0.05) is 12.1 Å². The van der Waals surface area contributed by atoms with Crippen LogP contribution in [0.25, 0.3) is 22.1 Å². The molecule has 2 heterocycles. The van der Waals surface area contributed by atoms with E-state index in [1.54, 1.807) is 0 Å². The van der Waals surface area contributed by atoms with Crippen molar-refractivity contribution in [1.29, 1.82) is 0 Å². The third kappa shape index (κ3) is 3.82. The number of benzene rings is 2. The van der Waals surface area contributed by atoms with E-state index in [0.29, 0.717) is 5.56 Å². The largest absolute Gasteiger partial charge is 0.508 e. The molecule has 0 radical (unpaired) electrons. The first-order valence-corrected chi connectivity index (χ1v) is 9.35. The number of rotatable bonds is 4. The topological polar surface area (TPSA) is 170 Å². The van der Waals surface area contributed by atoms with E-state index < -0.39 is 48.5 Å². The number of phenols is 2. The highest BCUT2D eigenvalue weighted by atomic mass is 16.7. The second-order valence-electron chi connectivity index (χ2n) is 7.16. The summed E-state index contributed by atoms with van der Waals surface area (Å²) in [6, 6.07) is 8.29. The molecule has 6 N–H and O–H groups in total. The van der Waals surface area contributed by atoms with Crippen molar-refractivity contribution in [1.82, 2.24) is 0 Å². The van der Waals surface area contributed by atoms with Gasteiger partial charge < -0.3 is 44.5 Å². The fourth-order valence-electron chi connectivity index (χ4n) is 3.41. The van der Waals surface area contributed by atoms with Crippen molar-refractivity contribution in [2.45, 2.75) is 30.7 Å². The molecule has 1 saturated heterocycles. The lowest BCUT2D eigenvalue weighted by Crippen LogP contribution is -2.60. The standard InChI is InChI=1S/C21H20O10/c22-7-15-18(26)19(27)20(28)21(31-15)30-11-5-13(24)16-14(6-11)29-8-12(17(16)25)9-1-3-10(23)4-2-9/h1-6,8,15,18-24,26-28H,7H2/t15-,18+,19+,20+,21-/m0/s1. The molecule has 0 bridgehead atoms. The van der Waals surface area contributed by atoms with Crippen LogP contribution in [0.5, 0.6) is 17.2 Å². The summed E-state index contributed by atoms with van der Waals surface area (Å²) < 4.78 is 16.2. The molecule has 1 aliphatic rings. The lowest BCUT2D eigenvalue weighted by Gasteiger charge is -2.39. The van der Waals surface area contributed by atoms with Gasteiger partial charge in [0.15, 0.2) is 0 Å². The number of aliphatic hydroxyl groups is 4. The molecule has 10 nitrogen and oxygen atoms in total. The minimum atomic E-state index is -1.64. The van der Waals surface area contributed by atoms with E-state index in [-0.39, 0.29) is 28.0 Å². The van der Waals surface area contributed by atoms with Gasteiger partial charge >= 0.3 is 0 Å². The van der Waals surface area contributed by atoms with Crippen molar-refractivity contribution >= 4 is 11.0 Å². The summed E-state index contributed by atoms with van der Waals surface area (Å²) in [5.41, 5.74) is 0.135. The number of hydrogen-bond acceptors (Lipinski definition) is 10. The number of ether oxygens (including phenoxy) is 2. The predicted molar refractivity (Wildman–Crippen MR) is 106 cm³/mol. The van der Waals surface area contributed by atoms with E-state index in [1.165, 1.54) is 36.6 Å². The van der Waals surface area contributed by atoms with Gasteiger partial charge in [0.05, 0.1) is 12.2 Å². The zero-order valence-electron chi connectivity index (χ0n) is 16.0. The zero-order valence-corrected chi connectivity index (χ0v) is 16.0. The Morgan fingerprint density at radius 3 is 2.35 bits per heavy atom. The molecule has 4 rings (SSSR count). The molecule has 1 aromatic heterocycles. The average molecular weight is 432 g/mol. The van der Waals surface area contributed by atoms with Crippen molar-refractivity contribution in [2.75, 3.05) is 6.61 Å². The van der Waals surface area contributed by atoms with Crippen LogP contribution in [0.15, 0.2) is 51.9 Å². The SMILES string of the molecule is O=c1c(-c2ccc(O)cc2)coc2cc(O[C@H]3O[C@@H](CO)[C@@H](O)[C@@H](O)[C@H]3O)cc(O)c12. The highest BCUT2D eigenvalue weighted by Crippen LogP contribution is 2.32. The maximum Gasteiger partial charge on any atom is 0.229 e. The monoisotopic (exact) mass is 432 g/mol. The van der Waals surface area contributed by atoms with Crippen molar-refractivity contribution in [3.05, 3.63) is 52.9 Å². The third-order valence-corrected chi connectivity index (χ3v) is 5.11. The van der Waals surface area contributed by atoms with E-state index in [9.17, 15) is 35.4 Å². The molecule has 0 aliphatic carbocycles. The number of fused-ring (bicyclic) bond motifs is 1. The van der Waals surface area contributed by atoms with Gasteiger partial charge in [-0.05, 0) is 17.7 Å². The summed E-state index contributed by atoms with van der Waals surface area (Å²) in [7, 11) is 0. The molecule has 10 heteroatoms. The minimum Gasteiger partial charge on any atom is -0.508 e. The Kier molecular flexibility index (Phi) is 5.56. The Balaban J connectivity index is 1.68. The van der Waals surface area contributed by atoms with Crippen LogP contribution < -0.4 is 10.2 Å². The van der Waals surface area contributed by atoms with Crippen molar-refractivity contribution in [2.24, 2.45) is 0 Å². The molecule has 3 aromatic rings. The Labute approximate surface area is 174 Å². The van der Waals surface area contributed by atoms with E-state index in [0.717, 1.165) is 6.07 Å². The third-order valence-electron chi connectivity index (χ3n) is 5.11. The molecule has 0 spiro atoms. The molecule has 0 amide bonds. The molecule has 1 fully saturated rings.